The van der Waals surface area contributed by atoms with Crippen molar-refractivity contribution < 1.29 is 17.9 Å². The summed E-state index contributed by atoms with van der Waals surface area (Å²) in [4.78, 5) is 14.3. The van der Waals surface area contributed by atoms with Crippen LogP contribution in [0.1, 0.15) is 0 Å². The van der Waals surface area contributed by atoms with Gasteiger partial charge in [0.1, 0.15) is 5.75 Å². The molecule has 0 N–H and O–H groups in total. The highest BCUT2D eigenvalue weighted by molar-refractivity contribution is 7.92. The van der Waals surface area contributed by atoms with E-state index in [-0.39, 0.29) is 12.5 Å². The Balaban J connectivity index is 1.94. The Morgan fingerprint density at radius 1 is 1.24 bits per heavy atom. The molecule has 2 aromatic carbocycles. The average molecular weight is 381 g/mol. The molecule has 1 amide bonds. The molecule has 0 saturated heterocycles. The van der Waals surface area contributed by atoms with E-state index in [0.717, 1.165) is 10.6 Å². The third kappa shape index (κ3) is 3.57. The van der Waals surface area contributed by atoms with Crippen molar-refractivity contribution in [2.24, 2.45) is 0 Å². The maximum absolute atomic E-state index is 12.8. The number of nitrogens with zero attached hydrogens (tertiary/aromatic N) is 2. The Hall–Kier alpha value is -2.25. The summed E-state index contributed by atoms with van der Waals surface area (Å²) in [7, 11) is -1.96. The SMILES string of the molecule is CN(C(=O)[C@@H]1CN(S(C)(=O)=O)c2cc(Cl)ccc2O1)c1ccccc1. The van der Waals surface area contributed by atoms with Gasteiger partial charge in [0.25, 0.3) is 5.91 Å². The Morgan fingerprint density at radius 2 is 1.92 bits per heavy atom. The molecule has 1 heterocycles. The largest absolute Gasteiger partial charge is 0.476 e. The van der Waals surface area contributed by atoms with Crippen LogP contribution in [0.2, 0.25) is 5.02 Å². The van der Waals surface area contributed by atoms with Crippen LogP contribution in [0.3, 0.4) is 0 Å². The maximum atomic E-state index is 12.8. The minimum atomic E-state index is -3.59. The summed E-state index contributed by atoms with van der Waals surface area (Å²) < 4.78 is 31.3. The maximum Gasteiger partial charge on any atom is 0.269 e. The molecule has 0 fully saturated rings. The lowest BCUT2D eigenvalue weighted by atomic mass is 10.2. The summed E-state index contributed by atoms with van der Waals surface area (Å²) in [6.07, 6.45) is 0.138. The van der Waals surface area contributed by atoms with Gasteiger partial charge in [0.15, 0.2) is 6.10 Å². The van der Waals surface area contributed by atoms with E-state index in [2.05, 4.69) is 0 Å². The third-order valence-electron chi connectivity index (χ3n) is 3.94. The molecule has 0 radical (unpaired) electrons. The molecule has 3 rings (SSSR count). The number of carbonyl (C=O) groups is 1. The van der Waals surface area contributed by atoms with Gasteiger partial charge in [0, 0.05) is 17.8 Å². The van der Waals surface area contributed by atoms with E-state index in [1.54, 1.807) is 31.3 Å². The number of fused-ring (bicyclic) bond motifs is 1. The molecule has 8 heteroatoms. The molecule has 0 unspecified atom stereocenters. The highest BCUT2D eigenvalue weighted by Gasteiger charge is 2.36. The zero-order valence-corrected chi connectivity index (χ0v) is 15.3. The van der Waals surface area contributed by atoms with Crippen molar-refractivity contribution in [2.75, 3.05) is 29.1 Å². The molecule has 1 aliphatic rings. The van der Waals surface area contributed by atoms with Crippen LogP contribution in [0.15, 0.2) is 48.5 Å². The second-order valence-electron chi connectivity index (χ2n) is 5.75. The van der Waals surface area contributed by atoms with E-state index in [1.807, 2.05) is 18.2 Å². The first kappa shape index (κ1) is 17.6. The average Bonchev–Trinajstić information content (AvgIpc) is 2.59. The molecule has 25 heavy (non-hydrogen) atoms. The predicted octanol–water partition coefficient (Wildman–Crippen LogP) is 2.53. The van der Waals surface area contributed by atoms with Crippen molar-refractivity contribution in [3.05, 3.63) is 53.6 Å². The molecular formula is C17H17ClN2O4S. The zero-order valence-electron chi connectivity index (χ0n) is 13.7. The van der Waals surface area contributed by atoms with E-state index in [1.165, 1.54) is 11.0 Å². The van der Waals surface area contributed by atoms with Crippen molar-refractivity contribution in [1.29, 1.82) is 0 Å². The van der Waals surface area contributed by atoms with E-state index < -0.39 is 16.1 Å². The normalized spacial score (nSPS) is 16.8. The molecule has 2 aromatic rings. The van der Waals surface area contributed by atoms with Gasteiger partial charge in [-0.15, -0.1) is 0 Å². The first-order valence-corrected chi connectivity index (χ1v) is 9.76. The molecule has 0 aromatic heterocycles. The number of carbonyl (C=O) groups excluding carboxylic acids is 1. The summed E-state index contributed by atoms with van der Waals surface area (Å²) in [6.45, 7) is -0.109. The van der Waals surface area contributed by atoms with Gasteiger partial charge < -0.3 is 9.64 Å². The quantitative estimate of drug-likeness (QED) is 0.820. The molecule has 6 nitrogen and oxygen atoms in total. The number of anilines is 2. The summed E-state index contributed by atoms with van der Waals surface area (Å²) in [5.41, 5.74) is 1.03. The van der Waals surface area contributed by atoms with Crippen molar-refractivity contribution >= 4 is 38.9 Å². The van der Waals surface area contributed by atoms with Gasteiger partial charge in [-0.25, -0.2) is 8.42 Å². The van der Waals surface area contributed by atoms with Crippen LogP contribution < -0.4 is 13.9 Å². The number of ether oxygens (including phenoxy) is 1. The van der Waals surface area contributed by atoms with Crippen molar-refractivity contribution in [3.8, 4) is 5.75 Å². The summed E-state index contributed by atoms with van der Waals surface area (Å²) in [5, 5.41) is 0.391. The summed E-state index contributed by atoms with van der Waals surface area (Å²) in [6, 6.07) is 13.8. The second-order valence-corrected chi connectivity index (χ2v) is 8.09. The van der Waals surface area contributed by atoms with Gasteiger partial charge in [-0.05, 0) is 30.3 Å². The fourth-order valence-electron chi connectivity index (χ4n) is 2.66. The molecule has 132 valence electrons. The molecule has 1 atom stereocenters. The van der Waals surface area contributed by atoms with Gasteiger partial charge in [-0.2, -0.15) is 0 Å². The van der Waals surface area contributed by atoms with E-state index in [0.29, 0.717) is 22.1 Å². The van der Waals surface area contributed by atoms with Crippen LogP contribution in [-0.4, -0.2) is 40.3 Å². The highest BCUT2D eigenvalue weighted by Crippen LogP contribution is 2.37. The predicted molar refractivity (Wildman–Crippen MR) is 97.9 cm³/mol. The monoisotopic (exact) mass is 380 g/mol. The Labute approximate surface area is 151 Å². The second kappa shape index (κ2) is 6.57. The minimum Gasteiger partial charge on any atom is -0.476 e. The first-order valence-electron chi connectivity index (χ1n) is 7.54. The van der Waals surface area contributed by atoms with Crippen LogP contribution in [0.25, 0.3) is 0 Å². The van der Waals surface area contributed by atoms with Crippen molar-refractivity contribution in [1.82, 2.24) is 0 Å². The standard InChI is InChI=1S/C17H17ClN2O4S/c1-19(13-6-4-3-5-7-13)17(21)16-11-20(25(2,22)23)14-10-12(18)8-9-15(14)24-16/h3-10,16H,11H2,1-2H3/t16-/m0/s1. The Bertz CT molecular complexity index is 902. The highest BCUT2D eigenvalue weighted by atomic mass is 35.5. The third-order valence-corrected chi connectivity index (χ3v) is 5.32. The fourth-order valence-corrected chi connectivity index (χ4v) is 3.73. The van der Waals surface area contributed by atoms with Crippen molar-refractivity contribution in [2.45, 2.75) is 6.10 Å². The number of amides is 1. The fraction of sp³-hybridized carbons (Fsp3) is 0.235. The molecular weight excluding hydrogens is 364 g/mol. The van der Waals surface area contributed by atoms with E-state index in [9.17, 15) is 13.2 Å². The number of rotatable bonds is 3. The number of hydrogen-bond acceptors (Lipinski definition) is 4. The van der Waals surface area contributed by atoms with Gasteiger partial charge in [0.2, 0.25) is 10.0 Å². The zero-order chi connectivity index (χ0) is 18.2. The van der Waals surface area contributed by atoms with Crippen molar-refractivity contribution in [3.63, 3.8) is 0 Å². The lowest BCUT2D eigenvalue weighted by Gasteiger charge is -2.35. The van der Waals surface area contributed by atoms with Gasteiger partial charge in [0.05, 0.1) is 18.5 Å². The summed E-state index contributed by atoms with van der Waals surface area (Å²) in [5.74, 6) is -0.0265. The number of benzene rings is 2. The van der Waals surface area contributed by atoms with Crippen LogP contribution in [0, 0.1) is 0 Å². The number of para-hydroxylation sites is 1. The van der Waals surface area contributed by atoms with E-state index >= 15 is 0 Å². The Kier molecular flexibility index (Phi) is 4.62. The van der Waals surface area contributed by atoms with Gasteiger partial charge in [-0.3, -0.25) is 9.10 Å². The minimum absolute atomic E-state index is 0.109. The lowest BCUT2D eigenvalue weighted by Crippen LogP contribution is -2.51. The first-order chi connectivity index (χ1) is 11.8. The number of likely N-dealkylation sites (N-methyl/N-ethyl adjacent to an activating group) is 1. The lowest BCUT2D eigenvalue weighted by molar-refractivity contribution is -0.124. The number of hydrogen-bond donors (Lipinski definition) is 0. The molecule has 1 aliphatic heterocycles. The van der Waals surface area contributed by atoms with Crippen LogP contribution in [-0.2, 0) is 14.8 Å². The number of halogens is 1. The molecule has 0 saturated carbocycles. The smallest absolute Gasteiger partial charge is 0.269 e. The van der Waals surface area contributed by atoms with Crippen LogP contribution >= 0.6 is 11.6 Å². The van der Waals surface area contributed by atoms with Crippen LogP contribution in [0.5, 0.6) is 5.75 Å². The van der Waals surface area contributed by atoms with E-state index in [4.69, 9.17) is 16.3 Å². The molecule has 0 spiro atoms. The molecule has 0 bridgehead atoms. The van der Waals surface area contributed by atoms with Crippen LogP contribution in [0.4, 0.5) is 11.4 Å². The topological polar surface area (TPSA) is 66.9 Å². The number of sulfonamides is 1. The Morgan fingerprint density at radius 3 is 2.56 bits per heavy atom. The summed E-state index contributed by atoms with van der Waals surface area (Å²) >= 11 is 5.97. The van der Waals surface area contributed by atoms with Gasteiger partial charge in [-0.1, -0.05) is 29.8 Å². The van der Waals surface area contributed by atoms with Gasteiger partial charge >= 0.3 is 0 Å². The molecule has 0 aliphatic carbocycles.